The Morgan fingerprint density at radius 1 is 1.06 bits per heavy atom. The number of carboxylic acids is 1. The van der Waals surface area contributed by atoms with Crippen molar-refractivity contribution in [2.45, 2.75) is 57.0 Å². The lowest BCUT2D eigenvalue weighted by atomic mass is 9.96. The lowest BCUT2D eigenvalue weighted by Gasteiger charge is -2.29. The van der Waals surface area contributed by atoms with Gasteiger partial charge >= 0.3 is 12.1 Å². The van der Waals surface area contributed by atoms with Gasteiger partial charge in [0.25, 0.3) is 0 Å². The molecule has 1 fully saturated rings. The Bertz CT molecular complexity index is 1020. The van der Waals surface area contributed by atoms with Gasteiger partial charge in [-0.15, -0.1) is 0 Å². The van der Waals surface area contributed by atoms with Crippen molar-refractivity contribution in [2.75, 3.05) is 6.61 Å². The van der Waals surface area contributed by atoms with E-state index in [1.807, 2.05) is 36.4 Å². The SMILES string of the molecule is CCC(C)(NC(=O)OCC1c2ccccc2-c2ccccc21)C(=O)NC(CC1CC1)C(=O)O. The molecule has 2 amide bonds. The number of ether oxygens (including phenoxy) is 1. The normalized spacial score (nSPS) is 17.3. The fraction of sp³-hybridized carbons (Fsp3) is 0.423. The zero-order valence-electron chi connectivity index (χ0n) is 19.0. The molecule has 1 saturated carbocycles. The standard InChI is InChI=1S/C26H30N2O5/c1-3-26(2,24(31)27-22(23(29)30)14-16-12-13-16)28-25(32)33-15-21-19-10-6-4-8-17(19)18-9-5-7-11-20(18)21/h4-11,16,21-22H,3,12-15H2,1-2H3,(H,27,31)(H,28,32)(H,29,30). The fourth-order valence-corrected chi connectivity index (χ4v) is 4.39. The third kappa shape index (κ3) is 4.87. The summed E-state index contributed by atoms with van der Waals surface area (Å²) in [4.78, 5) is 37.1. The molecule has 7 heteroatoms. The smallest absolute Gasteiger partial charge is 0.408 e. The van der Waals surface area contributed by atoms with Crippen LogP contribution in [0.5, 0.6) is 0 Å². The Kier molecular flexibility index (Phi) is 6.40. The molecule has 0 heterocycles. The number of carbonyl (C=O) groups is 3. The van der Waals surface area contributed by atoms with Crippen molar-refractivity contribution in [2.24, 2.45) is 5.92 Å². The van der Waals surface area contributed by atoms with E-state index in [2.05, 4.69) is 22.8 Å². The van der Waals surface area contributed by atoms with Gasteiger partial charge in [-0.25, -0.2) is 9.59 Å². The van der Waals surface area contributed by atoms with Crippen LogP contribution in [0.3, 0.4) is 0 Å². The van der Waals surface area contributed by atoms with Crippen molar-refractivity contribution in [3.63, 3.8) is 0 Å². The second-order valence-electron chi connectivity index (χ2n) is 9.18. The molecule has 2 aliphatic rings. The molecule has 2 unspecified atom stereocenters. The van der Waals surface area contributed by atoms with Crippen LogP contribution in [0.25, 0.3) is 11.1 Å². The predicted molar refractivity (Wildman–Crippen MR) is 124 cm³/mol. The number of amides is 2. The molecule has 2 atom stereocenters. The van der Waals surface area contributed by atoms with Gasteiger partial charge in [0.1, 0.15) is 18.2 Å². The molecule has 0 aromatic heterocycles. The number of fused-ring (bicyclic) bond motifs is 3. The molecule has 4 rings (SSSR count). The van der Waals surface area contributed by atoms with Crippen LogP contribution in [0, 0.1) is 5.92 Å². The second kappa shape index (κ2) is 9.25. The number of rotatable bonds is 9. The number of benzene rings is 2. The maximum absolute atomic E-state index is 12.9. The Morgan fingerprint density at radius 2 is 1.64 bits per heavy atom. The third-order valence-electron chi connectivity index (χ3n) is 6.80. The summed E-state index contributed by atoms with van der Waals surface area (Å²) in [5.41, 5.74) is 3.20. The van der Waals surface area contributed by atoms with Crippen molar-refractivity contribution in [1.82, 2.24) is 10.6 Å². The van der Waals surface area contributed by atoms with Crippen LogP contribution < -0.4 is 10.6 Å². The van der Waals surface area contributed by atoms with E-state index < -0.39 is 29.6 Å². The van der Waals surface area contributed by atoms with Crippen molar-refractivity contribution in [3.8, 4) is 11.1 Å². The second-order valence-corrected chi connectivity index (χ2v) is 9.18. The number of aliphatic carboxylic acids is 1. The molecular formula is C26H30N2O5. The highest BCUT2D eigenvalue weighted by Crippen LogP contribution is 2.44. The van der Waals surface area contributed by atoms with Gasteiger partial charge in [0.15, 0.2) is 0 Å². The van der Waals surface area contributed by atoms with Gasteiger partial charge in [0.2, 0.25) is 5.91 Å². The minimum atomic E-state index is -1.28. The zero-order valence-corrected chi connectivity index (χ0v) is 19.0. The highest BCUT2D eigenvalue weighted by Gasteiger charge is 2.38. The fourth-order valence-electron chi connectivity index (χ4n) is 4.39. The molecule has 3 N–H and O–H groups in total. The summed E-state index contributed by atoms with van der Waals surface area (Å²) in [6.07, 6.45) is 1.97. The number of carbonyl (C=O) groups excluding carboxylic acids is 2. The highest BCUT2D eigenvalue weighted by molar-refractivity contribution is 5.92. The Labute approximate surface area is 193 Å². The molecular weight excluding hydrogens is 420 g/mol. The number of alkyl carbamates (subject to hydrolysis) is 1. The first-order chi connectivity index (χ1) is 15.8. The van der Waals surface area contributed by atoms with E-state index in [4.69, 9.17) is 4.74 Å². The largest absolute Gasteiger partial charge is 0.480 e. The van der Waals surface area contributed by atoms with E-state index >= 15 is 0 Å². The maximum Gasteiger partial charge on any atom is 0.408 e. The van der Waals surface area contributed by atoms with Crippen molar-refractivity contribution in [3.05, 3.63) is 59.7 Å². The number of hydrogen-bond donors (Lipinski definition) is 3. The molecule has 2 aliphatic carbocycles. The van der Waals surface area contributed by atoms with Crippen LogP contribution in [0.1, 0.15) is 56.6 Å². The van der Waals surface area contributed by atoms with Gasteiger partial charge < -0.3 is 20.5 Å². The van der Waals surface area contributed by atoms with E-state index in [0.29, 0.717) is 18.8 Å². The van der Waals surface area contributed by atoms with E-state index in [9.17, 15) is 19.5 Å². The van der Waals surface area contributed by atoms with E-state index in [0.717, 1.165) is 35.1 Å². The molecule has 174 valence electrons. The topological polar surface area (TPSA) is 105 Å². The van der Waals surface area contributed by atoms with Gasteiger partial charge in [-0.05, 0) is 47.9 Å². The lowest BCUT2D eigenvalue weighted by molar-refractivity contribution is -0.143. The Morgan fingerprint density at radius 3 is 2.15 bits per heavy atom. The minimum absolute atomic E-state index is 0.0835. The first kappa shape index (κ1) is 22.8. The molecule has 0 bridgehead atoms. The van der Waals surface area contributed by atoms with Crippen LogP contribution in [0.4, 0.5) is 4.79 Å². The van der Waals surface area contributed by atoms with Gasteiger partial charge in [-0.2, -0.15) is 0 Å². The summed E-state index contributed by atoms with van der Waals surface area (Å²) in [6.45, 7) is 3.49. The summed E-state index contributed by atoms with van der Waals surface area (Å²) < 4.78 is 5.57. The summed E-state index contributed by atoms with van der Waals surface area (Å²) in [5, 5.41) is 14.7. The first-order valence-electron chi connectivity index (χ1n) is 11.5. The van der Waals surface area contributed by atoms with Crippen LogP contribution in [0.2, 0.25) is 0 Å². The molecule has 33 heavy (non-hydrogen) atoms. The Balaban J connectivity index is 1.40. The van der Waals surface area contributed by atoms with Gasteiger partial charge in [-0.1, -0.05) is 68.3 Å². The average molecular weight is 451 g/mol. The van der Waals surface area contributed by atoms with Crippen LogP contribution >= 0.6 is 0 Å². The maximum atomic E-state index is 12.9. The minimum Gasteiger partial charge on any atom is -0.480 e. The average Bonchev–Trinajstić information content (AvgIpc) is 3.57. The summed E-state index contributed by atoms with van der Waals surface area (Å²) in [7, 11) is 0. The molecule has 2 aromatic carbocycles. The van der Waals surface area contributed by atoms with Gasteiger partial charge in [-0.3, -0.25) is 4.79 Å². The summed E-state index contributed by atoms with van der Waals surface area (Å²) in [6, 6.07) is 15.2. The number of carboxylic acid groups (broad SMARTS) is 1. The summed E-state index contributed by atoms with van der Waals surface area (Å²) in [5.74, 6) is -1.32. The van der Waals surface area contributed by atoms with Crippen molar-refractivity contribution >= 4 is 18.0 Å². The van der Waals surface area contributed by atoms with Crippen molar-refractivity contribution in [1.29, 1.82) is 0 Å². The highest BCUT2D eigenvalue weighted by atomic mass is 16.5. The lowest BCUT2D eigenvalue weighted by Crippen LogP contribution is -2.59. The van der Waals surface area contributed by atoms with E-state index in [1.54, 1.807) is 13.8 Å². The Hall–Kier alpha value is -3.35. The van der Waals surface area contributed by atoms with Crippen LogP contribution in [-0.4, -0.2) is 41.3 Å². The molecule has 0 radical (unpaired) electrons. The van der Waals surface area contributed by atoms with Gasteiger partial charge in [0, 0.05) is 5.92 Å². The van der Waals surface area contributed by atoms with Crippen molar-refractivity contribution < 1.29 is 24.2 Å². The molecule has 0 saturated heterocycles. The number of hydrogen-bond acceptors (Lipinski definition) is 4. The molecule has 0 spiro atoms. The molecule has 7 nitrogen and oxygen atoms in total. The predicted octanol–water partition coefficient (Wildman–Crippen LogP) is 4.06. The van der Waals surface area contributed by atoms with Gasteiger partial charge in [0.05, 0.1) is 0 Å². The van der Waals surface area contributed by atoms with E-state index in [1.165, 1.54) is 0 Å². The van der Waals surface area contributed by atoms with Crippen LogP contribution in [-0.2, 0) is 14.3 Å². The molecule has 2 aromatic rings. The van der Waals surface area contributed by atoms with Crippen LogP contribution in [0.15, 0.2) is 48.5 Å². The quantitative estimate of drug-likeness (QED) is 0.534. The first-order valence-corrected chi connectivity index (χ1v) is 11.5. The molecule has 0 aliphatic heterocycles. The number of nitrogens with one attached hydrogen (secondary N) is 2. The monoisotopic (exact) mass is 450 g/mol. The third-order valence-corrected chi connectivity index (χ3v) is 6.80. The van der Waals surface area contributed by atoms with E-state index in [-0.39, 0.29) is 12.5 Å². The summed E-state index contributed by atoms with van der Waals surface area (Å²) >= 11 is 0. The zero-order chi connectivity index (χ0) is 23.6.